The van der Waals surface area contributed by atoms with E-state index in [1.165, 1.54) is 17.0 Å². The Balaban J connectivity index is 1.48. The van der Waals surface area contributed by atoms with E-state index in [1.54, 1.807) is 31.2 Å². The van der Waals surface area contributed by atoms with Crippen molar-refractivity contribution in [1.82, 2.24) is 19.9 Å². The predicted octanol–water partition coefficient (Wildman–Crippen LogP) is 5.29. The van der Waals surface area contributed by atoms with Crippen LogP contribution in [-0.2, 0) is 10.9 Å². The van der Waals surface area contributed by atoms with Crippen LogP contribution in [0.3, 0.4) is 0 Å². The number of nitrogens with one attached hydrogen (secondary N) is 1. The lowest BCUT2D eigenvalue weighted by molar-refractivity contribution is -0.142. The molecule has 1 amide bonds. The summed E-state index contributed by atoms with van der Waals surface area (Å²) < 4.78 is 50.0. The summed E-state index contributed by atoms with van der Waals surface area (Å²) in [5.41, 5.74) is -0.279. The highest BCUT2D eigenvalue weighted by atomic mass is 19.4. The maximum atomic E-state index is 13.2. The van der Waals surface area contributed by atoms with Gasteiger partial charge in [-0.25, -0.2) is 14.7 Å². The number of cyclic esters (lactones) is 1. The van der Waals surface area contributed by atoms with Crippen LogP contribution in [-0.4, -0.2) is 38.7 Å². The maximum Gasteiger partial charge on any atom is 0.437 e. The van der Waals surface area contributed by atoms with Crippen molar-refractivity contribution in [1.29, 1.82) is 0 Å². The van der Waals surface area contributed by atoms with Crippen LogP contribution in [0.4, 0.5) is 29.9 Å². The predicted molar refractivity (Wildman–Crippen MR) is 120 cm³/mol. The van der Waals surface area contributed by atoms with Gasteiger partial charge in [0.15, 0.2) is 11.4 Å². The van der Waals surface area contributed by atoms with Crippen LogP contribution in [0.2, 0.25) is 0 Å². The topological polar surface area (TPSA) is 102 Å². The normalized spacial score (nSPS) is 16.7. The van der Waals surface area contributed by atoms with Crippen LogP contribution in [0.5, 0.6) is 11.5 Å². The number of aromatic nitrogens is 4. The minimum Gasteiger partial charge on any atom is -0.455 e. The summed E-state index contributed by atoms with van der Waals surface area (Å²) in [6.07, 6.45) is -3.37. The summed E-state index contributed by atoms with van der Waals surface area (Å²) in [7, 11) is 0. The van der Waals surface area contributed by atoms with Crippen LogP contribution in [0, 0.1) is 6.92 Å². The SMILES string of the molecule is CC[C@H]1COC(=O)N1c1nc(C)nc(N[C@@H](C)c2ccc(Oc3cccnc3C(F)(F)F)cc2)n1. The second kappa shape index (κ2) is 9.72. The molecule has 0 radical (unpaired) electrons. The molecule has 9 nitrogen and oxygen atoms in total. The van der Waals surface area contributed by atoms with Gasteiger partial charge >= 0.3 is 12.3 Å². The first-order valence-corrected chi connectivity index (χ1v) is 10.9. The van der Waals surface area contributed by atoms with E-state index in [-0.39, 0.29) is 42.1 Å². The van der Waals surface area contributed by atoms with Gasteiger partial charge in [-0.15, -0.1) is 0 Å². The molecule has 2 atom stereocenters. The molecule has 4 rings (SSSR count). The molecule has 1 aliphatic heterocycles. The van der Waals surface area contributed by atoms with Gasteiger partial charge in [0, 0.05) is 6.20 Å². The molecule has 0 aliphatic carbocycles. The Morgan fingerprint density at radius 3 is 2.63 bits per heavy atom. The van der Waals surface area contributed by atoms with Crippen molar-refractivity contribution in [2.45, 2.75) is 45.5 Å². The van der Waals surface area contributed by atoms with Crippen molar-refractivity contribution in [3.05, 3.63) is 59.7 Å². The molecule has 184 valence electrons. The number of halogens is 3. The van der Waals surface area contributed by atoms with Crippen molar-refractivity contribution >= 4 is 18.0 Å². The van der Waals surface area contributed by atoms with Crippen LogP contribution >= 0.6 is 0 Å². The molecule has 0 saturated carbocycles. The number of pyridine rings is 1. The van der Waals surface area contributed by atoms with Crippen molar-refractivity contribution in [2.24, 2.45) is 0 Å². The molecule has 0 spiro atoms. The van der Waals surface area contributed by atoms with Gasteiger partial charge in [-0.2, -0.15) is 28.1 Å². The van der Waals surface area contributed by atoms with E-state index in [4.69, 9.17) is 9.47 Å². The zero-order chi connectivity index (χ0) is 25.2. The third kappa shape index (κ3) is 5.42. The third-order valence-electron chi connectivity index (χ3n) is 5.38. The standard InChI is InChI=1S/C23H23F3N6O3/c1-4-16-12-34-22(33)32(16)21-30-14(3)29-20(31-21)28-13(2)15-7-9-17(10-8-15)35-18-6-5-11-27-19(18)23(24,25)26/h5-11,13,16H,4,12H2,1-3H3,(H,28,29,30,31)/t13-,16-/m0/s1. The quantitative estimate of drug-likeness (QED) is 0.478. The second-order valence-corrected chi connectivity index (χ2v) is 7.90. The van der Waals surface area contributed by atoms with Crippen molar-refractivity contribution in [3.63, 3.8) is 0 Å². The van der Waals surface area contributed by atoms with E-state index in [2.05, 4.69) is 25.3 Å². The van der Waals surface area contributed by atoms with Crippen molar-refractivity contribution in [2.75, 3.05) is 16.8 Å². The van der Waals surface area contributed by atoms with E-state index in [1.807, 2.05) is 13.8 Å². The lowest BCUT2D eigenvalue weighted by Gasteiger charge is -2.20. The Morgan fingerprint density at radius 2 is 1.94 bits per heavy atom. The van der Waals surface area contributed by atoms with E-state index < -0.39 is 18.0 Å². The number of benzene rings is 1. The molecule has 1 saturated heterocycles. The van der Waals surface area contributed by atoms with Gasteiger partial charge < -0.3 is 14.8 Å². The molecular formula is C23H23F3N6O3. The summed E-state index contributed by atoms with van der Waals surface area (Å²) >= 11 is 0. The molecule has 2 aromatic heterocycles. The van der Waals surface area contributed by atoms with Crippen molar-refractivity contribution < 1.29 is 27.4 Å². The second-order valence-electron chi connectivity index (χ2n) is 7.90. The highest BCUT2D eigenvalue weighted by molar-refractivity contribution is 5.88. The number of carbonyl (C=O) groups excluding carboxylic acids is 1. The van der Waals surface area contributed by atoms with E-state index in [0.29, 0.717) is 12.2 Å². The van der Waals surface area contributed by atoms with Crippen molar-refractivity contribution in [3.8, 4) is 11.5 Å². The Kier molecular flexibility index (Phi) is 6.72. The van der Waals surface area contributed by atoms with Gasteiger partial charge in [-0.3, -0.25) is 0 Å². The van der Waals surface area contributed by atoms with Gasteiger partial charge in [0.25, 0.3) is 0 Å². The number of ether oxygens (including phenoxy) is 2. The van der Waals surface area contributed by atoms with Gasteiger partial charge in [-0.1, -0.05) is 19.1 Å². The van der Waals surface area contributed by atoms with Gasteiger partial charge in [0.2, 0.25) is 11.9 Å². The van der Waals surface area contributed by atoms with Crippen LogP contribution in [0.25, 0.3) is 0 Å². The number of hydrogen-bond acceptors (Lipinski definition) is 8. The lowest BCUT2D eigenvalue weighted by atomic mass is 10.1. The highest BCUT2D eigenvalue weighted by Gasteiger charge is 2.37. The lowest BCUT2D eigenvalue weighted by Crippen LogP contribution is -2.34. The number of aryl methyl sites for hydroxylation is 1. The van der Waals surface area contributed by atoms with E-state index in [0.717, 1.165) is 11.8 Å². The molecule has 1 fully saturated rings. The number of carbonyl (C=O) groups is 1. The average molecular weight is 488 g/mol. The Hall–Kier alpha value is -3.96. The van der Waals surface area contributed by atoms with E-state index in [9.17, 15) is 18.0 Å². The minimum atomic E-state index is -4.63. The number of amides is 1. The van der Waals surface area contributed by atoms with E-state index >= 15 is 0 Å². The molecule has 12 heteroatoms. The molecule has 35 heavy (non-hydrogen) atoms. The number of anilines is 2. The Morgan fingerprint density at radius 1 is 1.20 bits per heavy atom. The number of hydrogen-bond donors (Lipinski definition) is 1. The molecule has 1 N–H and O–H groups in total. The zero-order valence-corrected chi connectivity index (χ0v) is 19.2. The summed E-state index contributed by atoms with van der Waals surface area (Å²) in [5, 5.41) is 3.17. The third-order valence-corrected chi connectivity index (χ3v) is 5.38. The van der Waals surface area contributed by atoms with Gasteiger partial charge in [0.05, 0.1) is 12.1 Å². The fraction of sp³-hybridized carbons (Fsp3) is 0.348. The highest BCUT2D eigenvalue weighted by Crippen LogP contribution is 2.36. The maximum absolute atomic E-state index is 13.2. The number of alkyl halides is 3. The smallest absolute Gasteiger partial charge is 0.437 e. The first kappa shape index (κ1) is 24.2. The monoisotopic (exact) mass is 488 g/mol. The molecule has 0 bridgehead atoms. The molecule has 1 aromatic carbocycles. The minimum absolute atomic E-state index is 0.153. The Labute approximate surface area is 199 Å². The zero-order valence-electron chi connectivity index (χ0n) is 19.2. The number of nitrogens with zero attached hydrogens (tertiary/aromatic N) is 5. The van der Waals surface area contributed by atoms with Gasteiger partial charge in [0.1, 0.15) is 18.2 Å². The van der Waals surface area contributed by atoms with Crippen LogP contribution in [0.1, 0.15) is 43.4 Å². The summed E-state index contributed by atoms with van der Waals surface area (Å²) in [4.78, 5) is 29.9. The Bertz CT molecular complexity index is 1210. The molecular weight excluding hydrogens is 465 g/mol. The molecule has 0 unspecified atom stereocenters. The summed E-state index contributed by atoms with van der Waals surface area (Å²) in [6, 6.07) is 8.74. The van der Waals surface area contributed by atoms with Crippen LogP contribution < -0.4 is 15.0 Å². The van der Waals surface area contributed by atoms with Crippen LogP contribution in [0.15, 0.2) is 42.6 Å². The average Bonchev–Trinajstić information content (AvgIpc) is 3.19. The molecule has 3 aromatic rings. The first-order chi connectivity index (χ1) is 16.7. The molecule has 3 heterocycles. The fourth-order valence-electron chi connectivity index (χ4n) is 3.56. The first-order valence-electron chi connectivity index (χ1n) is 10.9. The fourth-order valence-corrected chi connectivity index (χ4v) is 3.56. The summed E-state index contributed by atoms with van der Waals surface area (Å²) in [5.74, 6) is 0.774. The van der Waals surface area contributed by atoms with Gasteiger partial charge in [-0.05, 0) is 50.1 Å². The largest absolute Gasteiger partial charge is 0.455 e. The number of rotatable bonds is 7. The summed E-state index contributed by atoms with van der Waals surface area (Å²) in [6.45, 7) is 5.79. The molecule has 1 aliphatic rings.